The molecular weight excluding hydrogens is 304 g/mol. The van der Waals surface area contributed by atoms with E-state index < -0.39 is 0 Å². The van der Waals surface area contributed by atoms with Gasteiger partial charge in [-0.05, 0) is 38.8 Å². The molecule has 2 heterocycles. The fourth-order valence-electron chi connectivity index (χ4n) is 3.38. The first kappa shape index (κ1) is 16.8. The van der Waals surface area contributed by atoms with E-state index in [-0.39, 0.29) is 11.9 Å². The summed E-state index contributed by atoms with van der Waals surface area (Å²) in [6, 6.07) is 3.89. The summed E-state index contributed by atoms with van der Waals surface area (Å²) in [4.78, 5) is 12.4. The molecule has 1 N–H and O–H groups in total. The Kier molecular flexibility index (Phi) is 5.38. The van der Waals surface area contributed by atoms with Gasteiger partial charge in [-0.3, -0.25) is 4.79 Å². The molecule has 0 unspecified atom stereocenters. The Morgan fingerprint density at radius 2 is 1.88 bits per heavy atom. The second-order valence-corrected chi connectivity index (χ2v) is 6.76. The molecule has 130 valence electrons. The highest BCUT2D eigenvalue weighted by Crippen LogP contribution is 2.20. The van der Waals surface area contributed by atoms with Crippen molar-refractivity contribution in [3.63, 3.8) is 0 Å². The van der Waals surface area contributed by atoms with Crippen molar-refractivity contribution in [3.8, 4) is 0 Å². The highest BCUT2D eigenvalue weighted by molar-refractivity contribution is 5.91. The van der Waals surface area contributed by atoms with Crippen molar-refractivity contribution in [2.45, 2.75) is 71.3 Å². The Labute approximate surface area is 142 Å². The number of nitrogens with zero attached hydrogens (tertiary/aromatic N) is 1. The standard InChI is InChI=1S/C19H26N2O3/c1-13-17(14(2)24-21-13)12-16-10-11-18(23-16)19(22)20-15-8-6-4-3-5-7-9-15/h10-11,15H,3-9,12H2,1-2H3,(H,20,22). The predicted molar refractivity (Wildman–Crippen MR) is 91.1 cm³/mol. The van der Waals surface area contributed by atoms with Crippen LogP contribution in [0.2, 0.25) is 0 Å². The fraction of sp³-hybridized carbons (Fsp3) is 0.579. The molecule has 2 aromatic rings. The number of hydrogen-bond acceptors (Lipinski definition) is 4. The van der Waals surface area contributed by atoms with Gasteiger partial charge in [0.25, 0.3) is 5.91 Å². The van der Waals surface area contributed by atoms with Crippen molar-refractivity contribution in [3.05, 3.63) is 40.7 Å². The second kappa shape index (κ2) is 7.69. The molecule has 5 heteroatoms. The fourth-order valence-corrected chi connectivity index (χ4v) is 3.38. The largest absolute Gasteiger partial charge is 0.456 e. The zero-order valence-electron chi connectivity index (χ0n) is 14.6. The summed E-state index contributed by atoms with van der Waals surface area (Å²) in [5.41, 5.74) is 1.89. The van der Waals surface area contributed by atoms with Gasteiger partial charge in [-0.15, -0.1) is 0 Å². The highest BCUT2D eigenvalue weighted by Gasteiger charge is 2.18. The van der Waals surface area contributed by atoms with Gasteiger partial charge >= 0.3 is 0 Å². The monoisotopic (exact) mass is 330 g/mol. The van der Waals surface area contributed by atoms with Crippen LogP contribution in [0.1, 0.15) is 78.3 Å². The first-order valence-electron chi connectivity index (χ1n) is 8.95. The van der Waals surface area contributed by atoms with Crippen LogP contribution < -0.4 is 5.32 Å². The number of rotatable bonds is 4. The van der Waals surface area contributed by atoms with Gasteiger partial charge in [0.1, 0.15) is 11.5 Å². The molecule has 0 saturated heterocycles. The van der Waals surface area contributed by atoms with Gasteiger partial charge in [-0.1, -0.05) is 37.3 Å². The van der Waals surface area contributed by atoms with E-state index in [9.17, 15) is 4.79 Å². The lowest BCUT2D eigenvalue weighted by molar-refractivity contribution is 0.0900. The zero-order valence-corrected chi connectivity index (χ0v) is 14.6. The molecule has 1 aliphatic rings. The number of aromatic nitrogens is 1. The Morgan fingerprint density at radius 3 is 2.54 bits per heavy atom. The van der Waals surface area contributed by atoms with Crippen LogP contribution in [0, 0.1) is 13.8 Å². The minimum Gasteiger partial charge on any atom is -0.456 e. The smallest absolute Gasteiger partial charge is 0.287 e. The van der Waals surface area contributed by atoms with Crippen molar-refractivity contribution in [1.29, 1.82) is 0 Å². The lowest BCUT2D eigenvalue weighted by atomic mass is 9.97. The normalized spacial score (nSPS) is 16.6. The third-order valence-corrected chi connectivity index (χ3v) is 4.86. The summed E-state index contributed by atoms with van der Waals surface area (Å²) in [6.45, 7) is 3.80. The van der Waals surface area contributed by atoms with Crippen molar-refractivity contribution in [2.75, 3.05) is 0 Å². The third-order valence-electron chi connectivity index (χ3n) is 4.86. The first-order valence-corrected chi connectivity index (χ1v) is 8.95. The maximum atomic E-state index is 12.4. The highest BCUT2D eigenvalue weighted by atomic mass is 16.5. The molecule has 1 saturated carbocycles. The Balaban J connectivity index is 1.61. The Hall–Kier alpha value is -2.04. The summed E-state index contributed by atoms with van der Waals surface area (Å²) in [7, 11) is 0. The topological polar surface area (TPSA) is 68.3 Å². The van der Waals surface area contributed by atoms with Crippen LogP contribution in [0.4, 0.5) is 0 Å². The molecule has 5 nitrogen and oxygen atoms in total. The van der Waals surface area contributed by atoms with Gasteiger partial charge < -0.3 is 14.3 Å². The van der Waals surface area contributed by atoms with Crippen LogP contribution in [0.3, 0.4) is 0 Å². The van der Waals surface area contributed by atoms with E-state index in [4.69, 9.17) is 8.94 Å². The lowest BCUT2D eigenvalue weighted by Gasteiger charge is -2.20. The molecule has 0 spiro atoms. The molecule has 2 aromatic heterocycles. The molecule has 0 aromatic carbocycles. The molecule has 3 rings (SSSR count). The number of carbonyl (C=O) groups is 1. The summed E-state index contributed by atoms with van der Waals surface area (Å²) < 4.78 is 10.9. The van der Waals surface area contributed by atoms with E-state index in [1.807, 2.05) is 19.9 Å². The summed E-state index contributed by atoms with van der Waals surface area (Å²) in [5.74, 6) is 1.83. The van der Waals surface area contributed by atoms with Crippen molar-refractivity contribution < 1.29 is 13.7 Å². The maximum absolute atomic E-state index is 12.4. The average Bonchev–Trinajstić information content (AvgIpc) is 3.12. The Morgan fingerprint density at radius 1 is 1.17 bits per heavy atom. The summed E-state index contributed by atoms with van der Waals surface area (Å²) >= 11 is 0. The number of hydrogen-bond donors (Lipinski definition) is 1. The minimum absolute atomic E-state index is 0.106. The first-order chi connectivity index (χ1) is 11.6. The van der Waals surface area contributed by atoms with Gasteiger partial charge in [-0.2, -0.15) is 0 Å². The van der Waals surface area contributed by atoms with Crippen LogP contribution in [-0.2, 0) is 6.42 Å². The molecule has 0 radical (unpaired) electrons. The number of carbonyl (C=O) groups excluding carboxylic acids is 1. The number of furan rings is 1. The van der Waals surface area contributed by atoms with E-state index in [2.05, 4.69) is 10.5 Å². The van der Waals surface area contributed by atoms with E-state index in [1.165, 1.54) is 32.1 Å². The summed E-state index contributed by atoms with van der Waals surface area (Å²) in [6.07, 6.45) is 8.99. The quantitative estimate of drug-likeness (QED) is 0.906. The molecule has 0 atom stereocenters. The van der Waals surface area contributed by atoms with Crippen LogP contribution in [0.5, 0.6) is 0 Å². The lowest BCUT2D eigenvalue weighted by Crippen LogP contribution is -2.35. The zero-order chi connectivity index (χ0) is 16.9. The molecule has 1 fully saturated rings. The van der Waals surface area contributed by atoms with Gasteiger partial charge in [0.15, 0.2) is 5.76 Å². The second-order valence-electron chi connectivity index (χ2n) is 6.76. The molecule has 0 bridgehead atoms. The molecular formula is C19H26N2O3. The third kappa shape index (κ3) is 4.08. The van der Waals surface area contributed by atoms with Gasteiger partial charge in [0, 0.05) is 18.0 Å². The van der Waals surface area contributed by atoms with Gasteiger partial charge in [0.2, 0.25) is 0 Å². The molecule has 1 aliphatic carbocycles. The predicted octanol–water partition coefficient (Wildman–Crippen LogP) is 4.32. The van der Waals surface area contributed by atoms with Crippen molar-refractivity contribution in [2.24, 2.45) is 0 Å². The van der Waals surface area contributed by atoms with Crippen molar-refractivity contribution >= 4 is 5.91 Å². The molecule has 0 aliphatic heterocycles. The van der Waals surface area contributed by atoms with E-state index in [0.29, 0.717) is 12.2 Å². The van der Waals surface area contributed by atoms with E-state index in [0.717, 1.165) is 35.6 Å². The number of nitrogens with one attached hydrogen (secondary N) is 1. The van der Waals surface area contributed by atoms with Crippen molar-refractivity contribution in [1.82, 2.24) is 10.5 Å². The average molecular weight is 330 g/mol. The van der Waals surface area contributed by atoms with Gasteiger partial charge in [-0.25, -0.2) is 0 Å². The Bertz CT molecular complexity index is 659. The SMILES string of the molecule is Cc1noc(C)c1Cc1ccc(C(=O)NC2CCCCCCC2)o1. The van der Waals surface area contributed by atoms with Gasteiger partial charge in [0.05, 0.1) is 5.69 Å². The van der Waals surface area contributed by atoms with Crippen LogP contribution in [0.15, 0.2) is 21.1 Å². The molecule has 24 heavy (non-hydrogen) atoms. The van der Waals surface area contributed by atoms with Crippen LogP contribution >= 0.6 is 0 Å². The van der Waals surface area contributed by atoms with E-state index in [1.54, 1.807) is 6.07 Å². The molecule has 1 amide bonds. The minimum atomic E-state index is -0.106. The summed E-state index contributed by atoms with van der Waals surface area (Å²) in [5, 5.41) is 7.09. The van der Waals surface area contributed by atoms with Crippen LogP contribution in [0.25, 0.3) is 0 Å². The van der Waals surface area contributed by atoms with E-state index >= 15 is 0 Å². The maximum Gasteiger partial charge on any atom is 0.287 e. The number of amides is 1. The number of aryl methyl sites for hydroxylation is 2. The van der Waals surface area contributed by atoms with Crippen LogP contribution in [-0.4, -0.2) is 17.1 Å².